The first-order valence-corrected chi connectivity index (χ1v) is 8.71. The number of halogens is 3. The van der Waals surface area contributed by atoms with Crippen molar-refractivity contribution in [3.63, 3.8) is 0 Å². The Morgan fingerprint density at radius 3 is 2.42 bits per heavy atom. The molecule has 0 unspecified atom stereocenters. The third kappa shape index (κ3) is 5.69. The van der Waals surface area contributed by atoms with Gasteiger partial charge in [-0.05, 0) is 31.5 Å². The summed E-state index contributed by atoms with van der Waals surface area (Å²) >= 11 is 0. The number of morpholine rings is 1. The summed E-state index contributed by atoms with van der Waals surface area (Å²) in [6, 6.07) is 4.88. The van der Waals surface area contributed by atoms with Gasteiger partial charge in [-0.3, -0.25) is 9.69 Å². The molecule has 0 bridgehead atoms. The van der Waals surface area contributed by atoms with Gasteiger partial charge in [0.2, 0.25) is 5.91 Å². The number of benzene rings is 1. The summed E-state index contributed by atoms with van der Waals surface area (Å²) in [4.78, 5) is 14.2. The van der Waals surface area contributed by atoms with Crippen LogP contribution in [0.25, 0.3) is 0 Å². The molecule has 1 heterocycles. The second-order valence-electron chi connectivity index (χ2n) is 6.13. The summed E-state index contributed by atoms with van der Waals surface area (Å²) in [5.74, 6) is -0.239. The quantitative estimate of drug-likeness (QED) is 0.797. The largest absolute Gasteiger partial charge is 0.416 e. The van der Waals surface area contributed by atoms with E-state index in [1.165, 1.54) is 12.1 Å². The van der Waals surface area contributed by atoms with Crippen LogP contribution in [0.5, 0.6) is 0 Å². The van der Waals surface area contributed by atoms with E-state index in [1.54, 1.807) is 6.92 Å². The van der Waals surface area contributed by atoms with E-state index in [2.05, 4.69) is 10.2 Å². The number of alkyl halides is 3. The zero-order valence-electron chi connectivity index (χ0n) is 15.0. The second-order valence-corrected chi connectivity index (χ2v) is 6.13. The Morgan fingerprint density at radius 2 is 1.88 bits per heavy atom. The monoisotopic (exact) mass is 374 g/mol. The molecule has 0 aliphatic carbocycles. The molecule has 0 radical (unpaired) electrons. The molecule has 1 fully saturated rings. The van der Waals surface area contributed by atoms with E-state index in [0.29, 0.717) is 39.5 Å². The molecule has 5 nitrogen and oxygen atoms in total. The molecule has 2 rings (SSSR count). The number of carbonyl (C=O) groups is 1. The van der Waals surface area contributed by atoms with Crippen LogP contribution in [0.1, 0.15) is 31.0 Å². The third-order valence-corrected chi connectivity index (χ3v) is 4.36. The highest BCUT2D eigenvalue weighted by atomic mass is 19.4. The molecule has 1 aromatic carbocycles. The number of rotatable bonds is 7. The smallest absolute Gasteiger partial charge is 0.379 e. The van der Waals surface area contributed by atoms with Crippen molar-refractivity contribution in [2.45, 2.75) is 32.2 Å². The van der Waals surface area contributed by atoms with Gasteiger partial charge < -0.3 is 14.8 Å². The molecule has 1 saturated heterocycles. The number of nitrogens with zero attached hydrogens (tertiary/aromatic N) is 1. The van der Waals surface area contributed by atoms with Crippen LogP contribution in [0.4, 0.5) is 13.2 Å². The van der Waals surface area contributed by atoms with Crippen molar-refractivity contribution in [2.75, 3.05) is 39.5 Å². The fourth-order valence-corrected chi connectivity index (χ4v) is 2.91. The molecular weight excluding hydrogens is 349 g/mol. The summed E-state index contributed by atoms with van der Waals surface area (Å²) in [5, 5.41) is 2.84. The number of hydrogen-bond acceptors (Lipinski definition) is 4. The van der Waals surface area contributed by atoms with E-state index >= 15 is 0 Å². The molecular formula is C18H25F3N2O3. The topological polar surface area (TPSA) is 50.8 Å². The molecule has 1 aliphatic rings. The van der Waals surface area contributed by atoms with Crippen LogP contribution in [0, 0.1) is 0 Å². The lowest BCUT2D eigenvalue weighted by molar-refractivity contribution is -0.137. The molecule has 26 heavy (non-hydrogen) atoms. The Bertz CT molecular complexity index is 572. The fourth-order valence-electron chi connectivity index (χ4n) is 2.91. The zero-order chi connectivity index (χ0) is 19.2. The normalized spacial score (nSPS) is 18.3. The molecule has 0 spiro atoms. The predicted octanol–water partition coefficient (Wildman–Crippen LogP) is 2.62. The van der Waals surface area contributed by atoms with Crippen molar-refractivity contribution in [1.82, 2.24) is 10.2 Å². The summed E-state index contributed by atoms with van der Waals surface area (Å²) in [5.41, 5.74) is 0.0419. The average Bonchev–Trinajstić information content (AvgIpc) is 2.62. The van der Waals surface area contributed by atoms with Crippen LogP contribution in [-0.2, 0) is 20.4 Å². The Labute approximate surface area is 151 Å². The highest BCUT2D eigenvalue weighted by Gasteiger charge is 2.31. The molecule has 146 valence electrons. The van der Waals surface area contributed by atoms with Gasteiger partial charge in [0.25, 0.3) is 0 Å². The maximum absolute atomic E-state index is 12.8. The second kappa shape index (κ2) is 9.34. The molecule has 8 heteroatoms. The van der Waals surface area contributed by atoms with E-state index in [-0.39, 0.29) is 11.9 Å². The van der Waals surface area contributed by atoms with Crippen molar-refractivity contribution in [1.29, 1.82) is 0 Å². The Balaban J connectivity index is 2.12. The average molecular weight is 374 g/mol. The van der Waals surface area contributed by atoms with Crippen LogP contribution in [0.2, 0.25) is 0 Å². The molecule has 1 aliphatic heterocycles. The van der Waals surface area contributed by atoms with Crippen LogP contribution in [0.3, 0.4) is 0 Å². The van der Waals surface area contributed by atoms with E-state index in [1.807, 2.05) is 6.92 Å². The molecule has 1 amide bonds. The minimum absolute atomic E-state index is 0.223. The fraction of sp³-hybridized carbons (Fsp3) is 0.611. The zero-order valence-corrected chi connectivity index (χ0v) is 15.0. The van der Waals surface area contributed by atoms with E-state index in [4.69, 9.17) is 9.47 Å². The standard InChI is InChI=1S/C18H25F3N2O3/c1-3-26-13(2)17(24)22-12-16(23-8-10-25-11-9-23)14-4-6-15(7-5-14)18(19,20)21/h4-7,13,16H,3,8-12H2,1-2H3,(H,22,24)/t13-,16+/m1/s1. The predicted molar refractivity (Wildman–Crippen MR) is 90.7 cm³/mol. The first-order chi connectivity index (χ1) is 12.3. The van der Waals surface area contributed by atoms with Gasteiger partial charge >= 0.3 is 6.18 Å². The van der Waals surface area contributed by atoms with Gasteiger partial charge in [0, 0.05) is 26.2 Å². The highest BCUT2D eigenvalue weighted by molar-refractivity contribution is 5.80. The van der Waals surface area contributed by atoms with Crippen molar-refractivity contribution in [2.24, 2.45) is 0 Å². The number of carbonyl (C=O) groups excluding carboxylic acids is 1. The first kappa shape index (κ1) is 20.7. The van der Waals surface area contributed by atoms with Crippen LogP contribution < -0.4 is 5.32 Å². The minimum atomic E-state index is -4.37. The summed E-state index contributed by atoms with van der Waals surface area (Å²) in [6.07, 6.45) is -4.94. The molecule has 1 N–H and O–H groups in total. The van der Waals surface area contributed by atoms with Gasteiger partial charge in [-0.25, -0.2) is 0 Å². The lowest BCUT2D eigenvalue weighted by Gasteiger charge is -2.35. The Kier molecular flexibility index (Phi) is 7.43. The summed E-state index contributed by atoms with van der Waals surface area (Å²) in [6.45, 7) is 6.62. The van der Waals surface area contributed by atoms with E-state index < -0.39 is 17.8 Å². The maximum atomic E-state index is 12.8. The first-order valence-electron chi connectivity index (χ1n) is 8.71. The van der Waals surface area contributed by atoms with Gasteiger partial charge in [-0.1, -0.05) is 12.1 Å². The Morgan fingerprint density at radius 1 is 1.27 bits per heavy atom. The Hall–Kier alpha value is -1.64. The maximum Gasteiger partial charge on any atom is 0.416 e. The summed E-state index contributed by atoms with van der Waals surface area (Å²) in [7, 11) is 0. The number of ether oxygens (including phenoxy) is 2. The molecule has 2 atom stereocenters. The van der Waals surface area contributed by atoms with Crippen LogP contribution in [-0.4, -0.2) is 56.4 Å². The number of hydrogen-bond donors (Lipinski definition) is 1. The lowest BCUT2D eigenvalue weighted by Crippen LogP contribution is -2.45. The minimum Gasteiger partial charge on any atom is -0.379 e. The number of nitrogens with one attached hydrogen (secondary N) is 1. The van der Waals surface area contributed by atoms with Crippen LogP contribution in [0.15, 0.2) is 24.3 Å². The van der Waals surface area contributed by atoms with Crippen molar-refractivity contribution < 1.29 is 27.4 Å². The number of amides is 1. The van der Waals surface area contributed by atoms with Gasteiger partial charge in [0.15, 0.2) is 0 Å². The van der Waals surface area contributed by atoms with Gasteiger partial charge in [0.1, 0.15) is 6.10 Å². The van der Waals surface area contributed by atoms with Crippen LogP contribution >= 0.6 is 0 Å². The molecule has 0 aromatic heterocycles. The molecule has 0 saturated carbocycles. The molecule has 1 aromatic rings. The van der Waals surface area contributed by atoms with Crippen molar-refractivity contribution in [3.8, 4) is 0 Å². The van der Waals surface area contributed by atoms with E-state index in [9.17, 15) is 18.0 Å². The summed E-state index contributed by atoms with van der Waals surface area (Å²) < 4.78 is 49.0. The third-order valence-electron chi connectivity index (χ3n) is 4.36. The lowest BCUT2D eigenvalue weighted by atomic mass is 10.0. The van der Waals surface area contributed by atoms with Gasteiger partial charge in [0.05, 0.1) is 24.8 Å². The SMILES string of the molecule is CCO[C@H](C)C(=O)NC[C@@H](c1ccc(C(F)(F)F)cc1)N1CCOCC1. The van der Waals surface area contributed by atoms with E-state index in [0.717, 1.165) is 17.7 Å². The van der Waals surface area contributed by atoms with Crippen molar-refractivity contribution in [3.05, 3.63) is 35.4 Å². The van der Waals surface area contributed by atoms with Gasteiger partial charge in [-0.15, -0.1) is 0 Å². The van der Waals surface area contributed by atoms with Gasteiger partial charge in [-0.2, -0.15) is 13.2 Å². The van der Waals surface area contributed by atoms with Crippen molar-refractivity contribution >= 4 is 5.91 Å². The highest BCUT2D eigenvalue weighted by Crippen LogP contribution is 2.31.